The molecule has 0 amide bonds. The minimum Gasteiger partial charge on any atom is -0.508 e. The van der Waals surface area contributed by atoms with E-state index in [0.717, 1.165) is 26.1 Å². The standard InChI is InChI=1S/C15H20O3/c16-14-6-4-12(5-7-14)11-13-3-1-2-8-15(13)17-9-10-18-15/h4-7,13,16H,1-3,8-11H2. The topological polar surface area (TPSA) is 38.7 Å². The highest BCUT2D eigenvalue weighted by atomic mass is 16.7. The lowest BCUT2D eigenvalue weighted by molar-refractivity contribution is -0.212. The average molecular weight is 248 g/mol. The molecule has 1 aromatic carbocycles. The van der Waals surface area contributed by atoms with E-state index in [1.165, 1.54) is 24.8 Å². The molecule has 1 N–H and O–H groups in total. The van der Waals surface area contributed by atoms with Crippen LogP contribution in [0.1, 0.15) is 31.2 Å². The van der Waals surface area contributed by atoms with E-state index in [4.69, 9.17) is 9.47 Å². The van der Waals surface area contributed by atoms with Crippen LogP contribution in [0.4, 0.5) is 0 Å². The Morgan fingerprint density at radius 2 is 1.83 bits per heavy atom. The van der Waals surface area contributed by atoms with Crippen LogP contribution in [0.5, 0.6) is 5.75 Å². The van der Waals surface area contributed by atoms with E-state index in [9.17, 15) is 5.11 Å². The van der Waals surface area contributed by atoms with Crippen LogP contribution >= 0.6 is 0 Å². The molecule has 1 heterocycles. The molecule has 1 aliphatic carbocycles. The molecule has 1 unspecified atom stereocenters. The van der Waals surface area contributed by atoms with Crippen molar-refractivity contribution >= 4 is 0 Å². The lowest BCUT2D eigenvalue weighted by Crippen LogP contribution is -2.42. The van der Waals surface area contributed by atoms with Gasteiger partial charge in [0, 0.05) is 12.3 Å². The predicted molar refractivity (Wildman–Crippen MR) is 68.4 cm³/mol. The van der Waals surface area contributed by atoms with Crippen molar-refractivity contribution in [2.24, 2.45) is 5.92 Å². The summed E-state index contributed by atoms with van der Waals surface area (Å²) in [6.07, 6.45) is 5.63. The lowest BCUT2D eigenvalue weighted by Gasteiger charge is -2.39. The van der Waals surface area contributed by atoms with E-state index in [-0.39, 0.29) is 5.79 Å². The molecule has 2 aliphatic rings. The minimum absolute atomic E-state index is 0.323. The number of hydrogen-bond acceptors (Lipinski definition) is 3. The van der Waals surface area contributed by atoms with Gasteiger partial charge in [-0.15, -0.1) is 0 Å². The molecule has 3 heteroatoms. The Balaban J connectivity index is 1.75. The summed E-state index contributed by atoms with van der Waals surface area (Å²) in [4.78, 5) is 0. The molecule has 1 spiro atoms. The maximum absolute atomic E-state index is 9.32. The zero-order valence-corrected chi connectivity index (χ0v) is 10.6. The van der Waals surface area contributed by atoms with Crippen molar-refractivity contribution in [2.45, 2.75) is 37.9 Å². The van der Waals surface area contributed by atoms with Crippen LogP contribution in [-0.4, -0.2) is 24.1 Å². The van der Waals surface area contributed by atoms with E-state index >= 15 is 0 Å². The Hall–Kier alpha value is -1.06. The number of benzene rings is 1. The zero-order valence-electron chi connectivity index (χ0n) is 10.6. The second-order valence-corrected chi connectivity index (χ2v) is 5.32. The van der Waals surface area contributed by atoms with Gasteiger partial charge in [-0.05, 0) is 37.0 Å². The van der Waals surface area contributed by atoms with Gasteiger partial charge in [-0.25, -0.2) is 0 Å². The van der Waals surface area contributed by atoms with Gasteiger partial charge in [0.2, 0.25) is 0 Å². The Morgan fingerprint density at radius 1 is 1.11 bits per heavy atom. The lowest BCUT2D eigenvalue weighted by atomic mass is 9.79. The molecule has 1 atom stereocenters. The summed E-state index contributed by atoms with van der Waals surface area (Å²) < 4.78 is 11.8. The van der Waals surface area contributed by atoms with Crippen molar-refractivity contribution in [3.8, 4) is 5.75 Å². The summed E-state index contributed by atoms with van der Waals surface area (Å²) in [5.41, 5.74) is 1.25. The number of rotatable bonds is 2. The molecule has 0 aromatic heterocycles. The second-order valence-electron chi connectivity index (χ2n) is 5.32. The van der Waals surface area contributed by atoms with E-state index in [0.29, 0.717) is 11.7 Å². The SMILES string of the molecule is Oc1ccc(CC2CCCCC23OCCO3)cc1. The van der Waals surface area contributed by atoms with E-state index in [2.05, 4.69) is 0 Å². The molecule has 1 aromatic rings. The Labute approximate surface area is 108 Å². The second kappa shape index (κ2) is 4.90. The smallest absolute Gasteiger partial charge is 0.171 e. The molecular weight excluding hydrogens is 228 g/mol. The normalized spacial score (nSPS) is 26.6. The van der Waals surface area contributed by atoms with Crippen molar-refractivity contribution in [1.82, 2.24) is 0 Å². The summed E-state index contributed by atoms with van der Waals surface area (Å²) in [5, 5.41) is 9.32. The first-order valence-electron chi connectivity index (χ1n) is 6.84. The van der Waals surface area contributed by atoms with Crippen molar-refractivity contribution in [3.63, 3.8) is 0 Å². The predicted octanol–water partition coefficient (Wildman–Crippen LogP) is 2.87. The third kappa shape index (κ3) is 2.25. The number of phenols is 1. The first kappa shape index (κ1) is 12.0. The summed E-state index contributed by atoms with van der Waals surface area (Å²) in [5.74, 6) is 0.444. The maximum Gasteiger partial charge on any atom is 0.171 e. The molecule has 3 nitrogen and oxygen atoms in total. The first-order chi connectivity index (χ1) is 8.78. The van der Waals surface area contributed by atoms with Gasteiger partial charge in [0.15, 0.2) is 5.79 Å². The van der Waals surface area contributed by atoms with Gasteiger partial charge in [0.1, 0.15) is 5.75 Å². The molecule has 3 rings (SSSR count). The Kier molecular flexibility index (Phi) is 3.27. The van der Waals surface area contributed by atoms with Crippen LogP contribution < -0.4 is 0 Å². The van der Waals surface area contributed by atoms with E-state index in [1.807, 2.05) is 12.1 Å². The highest BCUT2D eigenvalue weighted by molar-refractivity contribution is 5.26. The molecule has 1 saturated heterocycles. The van der Waals surface area contributed by atoms with Gasteiger partial charge in [-0.1, -0.05) is 18.6 Å². The largest absolute Gasteiger partial charge is 0.508 e. The molecule has 1 saturated carbocycles. The average Bonchev–Trinajstić information content (AvgIpc) is 2.84. The van der Waals surface area contributed by atoms with Crippen molar-refractivity contribution < 1.29 is 14.6 Å². The van der Waals surface area contributed by atoms with Gasteiger partial charge in [0.25, 0.3) is 0 Å². The number of hydrogen-bond donors (Lipinski definition) is 1. The van der Waals surface area contributed by atoms with Gasteiger partial charge in [0.05, 0.1) is 13.2 Å². The Morgan fingerprint density at radius 3 is 2.56 bits per heavy atom. The molecule has 0 radical (unpaired) electrons. The highest BCUT2D eigenvalue weighted by Crippen LogP contribution is 2.42. The van der Waals surface area contributed by atoms with E-state index < -0.39 is 0 Å². The summed E-state index contributed by atoms with van der Waals surface area (Å²) in [6, 6.07) is 7.49. The molecule has 18 heavy (non-hydrogen) atoms. The van der Waals surface area contributed by atoms with Gasteiger partial charge in [-0.3, -0.25) is 0 Å². The van der Waals surface area contributed by atoms with Crippen LogP contribution in [0.25, 0.3) is 0 Å². The van der Waals surface area contributed by atoms with Crippen molar-refractivity contribution in [3.05, 3.63) is 29.8 Å². The summed E-state index contributed by atoms with van der Waals surface area (Å²) >= 11 is 0. The third-order valence-electron chi connectivity index (χ3n) is 4.14. The van der Waals surface area contributed by atoms with Gasteiger partial charge >= 0.3 is 0 Å². The number of phenolic OH excluding ortho intramolecular Hbond substituents is 1. The summed E-state index contributed by atoms with van der Waals surface area (Å²) in [7, 11) is 0. The monoisotopic (exact) mass is 248 g/mol. The van der Waals surface area contributed by atoms with Crippen molar-refractivity contribution in [1.29, 1.82) is 0 Å². The quantitative estimate of drug-likeness (QED) is 0.874. The van der Waals surface area contributed by atoms with Crippen LogP contribution in [0.15, 0.2) is 24.3 Å². The number of ether oxygens (including phenoxy) is 2. The van der Waals surface area contributed by atoms with Crippen molar-refractivity contribution in [2.75, 3.05) is 13.2 Å². The highest BCUT2D eigenvalue weighted by Gasteiger charge is 2.45. The molecule has 0 bridgehead atoms. The van der Waals surface area contributed by atoms with Crippen LogP contribution in [0, 0.1) is 5.92 Å². The molecule has 2 fully saturated rings. The van der Waals surface area contributed by atoms with Gasteiger partial charge < -0.3 is 14.6 Å². The minimum atomic E-state index is -0.323. The van der Waals surface area contributed by atoms with Crippen LogP contribution in [-0.2, 0) is 15.9 Å². The van der Waals surface area contributed by atoms with Crippen LogP contribution in [0.2, 0.25) is 0 Å². The fourth-order valence-corrected chi connectivity index (χ4v) is 3.21. The summed E-state index contributed by atoms with van der Waals surface area (Å²) in [6.45, 7) is 1.46. The zero-order chi connectivity index (χ0) is 12.4. The molecular formula is C15H20O3. The fraction of sp³-hybridized carbons (Fsp3) is 0.600. The Bertz CT molecular complexity index is 393. The van der Waals surface area contributed by atoms with Crippen LogP contribution in [0.3, 0.4) is 0 Å². The van der Waals surface area contributed by atoms with Gasteiger partial charge in [-0.2, -0.15) is 0 Å². The maximum atomic E-state index is 9.32. The van der Waals surface area contributed by atoms with E-state index in [1.54, 1.807) is 12.1 Å². The molecule has 1 aliphatic heterocycles. The molecule has 98 valence electrons. The third-order valence-corrected chi connectivity index (χ3v) is 4.14. The fourth-order valence-electron chi connectivity index (χ4n) is 3.21. The first-order valence-corrected chi connectivity index (χ1v) is 6.84. The number of aromatic hydroxyl groups is 1.